The van der Waals surface area contributed by atoms with Gasteiger partial charge in [0.15, 0.2) is 0 Å². The summed E-state index contributed by atoms with van der Waals surface area (Å²) < 4.78 is 26.6. The van der Waals surface area contributed by atoms with E-state index < -0.39 is 10.0 Å². The number of nitrogens with zero attached hydrogens (tertiary/aromatic N) is 2. The minimum atomic E-state index is -3.47. The van der Waals surface area contributed by atoms with Crippen molar-refractivity contribution in [2.24, 2.45) is 0 Å². The zero-order valence-corrected chi connectivity index (χ0v) is 14.0. The van der Waals surface area contributed by atoms with Crippen LogP contribution in [-0.2, 0) is 14.8 Å². The van der Waals surface area contributed by atoms with E-state index in [4.69, 9.17) is 6.42 Å². The molecule has 0 spiro atoms. The molecular formula is C16H21N3O3S. The van der Waals surface area contributed by atoms with Crippen molar-refractivity contribution in [3.05, 3.63) is 29.8 Å². The lowest BCUT2D eigenvalue weighted by atomic mass is 10.2. The summed E-state index contributed by atoms with van der Waals surface area (Å²) >= 11 is 0. The molecule has 124 valence electrons. The first-order valence-electron chi connectivity index (χ1n) is 7.43. The van der Waals surface area contributed by atoms with E-state index in [0.29, 0.717) is 31.1 Å². The number of hydrogen-bond acceptors (Lipinski definition) is 4. The molecule has 0 aliphatic carbocycles. The third-order valence-electron chi connectivity index (χ3n) is 3.74. The number of aryl methyl sites for hydroxylation is 1. The second-order valence-corrected chi connectivity index (χ2v) is 7.41. The first-order chi connectivity index (χ1) is 10.9. The van der Waals surface area contributed by atoms with Gasteiger partial charge in [0.05, 0.1) is 18.0 Å². The average Bonchev–Trinajstić information content (AvgIpc) is 2.54. The van der Waals surface area contributed by atoms with Crippen molar-refractivity contribution in [3.63, 3.8) is 0 Å². The molecule has 1 heterocycles. The zero-order chi connectivity index (χ0) is 16.9. The van der Waals surface area contributed by atoms with Crippen LogP contribution in [0, 0.1) is 19.3 Å². The van der Waals surface area contributed by atoms with Crippen LogP contribution in [0.15, 0.2) is 29.2 Å². The van der Waals surface area contributed by atoms with Crippen LogP contribution in [-0.4, -0.2) is 62.8 Å². The van der Waals surface area contributed by atoms with E-state index in [2.05, 4.69) is 11.2 Å². The Morgan fingerprint density at radius 3 is 2.39 bits per heavy atom. The molecule has 1 aromatic rings. The Labute approximate surface area is 137 Å². The summed E-state index contributed by atoms with van der Waals surface area (Å²) in [5.74, 6) is 2.21. The number of carbonyl (C=O) groups is 1. The van der Waals surface area contributed by atoms with E-state index in [0.717, 1.165) is 5.56 Å². The second-order valence-electron chi connectivity index (χ2n) is 5.47. The molecule has 0 atom stereocenters. The van der Waals surface area contributed by atoms with Gasteiger partial charge in [-0.25, -0.2) is 8.42 Å². The third-order valence-corrected chi connectivity index (χ3v) is 5.66. The van der Waals surface area contributed by atoms with Crippen molar-refractivity contribution in [1.29, 1.82) is 0 Å². The molecule has 1 aromatic carbocycles. The highest BCUT2D eigenvalue weighted by Crippen LogP contribution is 2.18. The molecule has 1 fully saturated rings. The van der Waals surface area contributed by atoms with Crippen LogP contribution >= 0.6 is 0 Å². The van der Waals surface area contributed by atoms with Crippen LogP contribution in [0.2, 0.25) is 0 Å². The summed E-state index contributed by atoms with van der Waals surface area (Å²) in [6.07, 6.45) is 5.09. The minimum Gasteiger partial charge on any atom is -0.344 e. The standard InChI is InChI=1S/C16H21N3O3S/c1-3-8-17-16(20)13-18-9-11-19(12-10-18)23(21,22)15-6-4-14(2)5-7-15/h1,4-7H,8-13H2,2H3,(H,17,20). The fraction of sp³-hybridized carbons (Fsp3) is 0.438. The van der Waals surface area contributed by atoms with Gasteiger partial charge in [-0.2, -0.15) is 4.31 Å². The maximum absolute atomic E-state index is 12.6. The van der Waals surface area contributed by atoms with E-state index in [1.165, 1.54) is 4.31 Å². The smallest absolute Gasteiger partial charge is 0.243 e. The van der Waals surface area contributed by atoms with Gasteiger partial charge in [0, 0.05) is 26.2 Å². The summed E-state index contributed by atoms with van der Waals surface area (Å²) in [4.78, 5) is 13.9. The maximum atomic E-state index is 12.6. The normalized spacial score (nSPS) is 16.7. The molecule has 1 N–H and O–H groups in total. The van der Waals surface area contributed by atoms with Crippen molar-refractivity contribution < 1.29 is 13.2 Å². The van der Waals surface area contributed by atoms with Crippen LogP contribution in [0.25, 0.3) is 0 Å². The van der Waals surface area contributed by atoms with Gasteiger partial charge >= 0.3 is 0 Å². The number of nitrogens with one attached hydrogen (secondary N) is 1. The second kappa shape index (κ2) is 7.59. The quantitative estimate of drug-likeness (QED) is 0.772. The van der Waals surface area contributed by atoms with Crippen LogP contribution in [0.5, 0.6) is 0 Å². The number of carbonyl (C=O) groups excluding carboxylic acids is 1. The first-order valence-corrected chi connectivity index (χ1v) is 8.87. The Morgan fingerprint density at radius 2 is 1.83 bits per heavy atom. The highest BCUT2D eigenvalue weighted by Gasteiger charge is 2.28. The minimum absolute atomic E-state index is 0.141. The largest absolute Gasteiger partial charge is 0.344 e. The Hall–Kier alpha value is -1.88. The van der Waals surface area contributed by atoms with Crippen molar-refractivity contribution in [2.75, 3.05) is 39.3 Å². The first kappa shape index (κ1) is 17.5. The lowest BCUT2D eigenvalue weighted by Gasteiger charge is -2.33. The third kappa shape index (κ3) is 4.55. The van der Waals surface area contributed by atoms with E-state index in [1.54, 1.807) is 24.3 Å². The number of rotatable bonds is 5. The molecule has 1 aliphatic rings. The van der Waals surface area contributed by atoms with Crippen LogP contribution < -0.4 is 5.32 Å². The number of sulfonamides is 1. The molecule has 0 unspecified atom stereocenters. The van der Waals surface area contributed by atoms with Crippen molar-refractivity contribution in [1.82, 2.24) is 14.5 Å². The molecule has 1 aliphatic heterocycles. The monoisotopic (exact) mass is 335 g/mol. The highest BCUT2D eigenvalue weighted by atomic mass is 32.2. The fourth-order valence-electron chi connectivity index (χ4n) is 2.40. The van der Waals surface area contributed by atoms with Crippen molar-refractivity contribution in [3.8, 4) is 12.3 Å². The molecule has 0 radical (unpaired) electrons. The maximum Gasteiger partial charge on any atom is 0.243 e. The molecule has 0 saturated carbocycles. The van der Waals surface area contributed by atoms with E-state index in [9.17, 15) is 13.2 Å². The lowest BCUT2D eigenvalue weighted by molar-refractivity contribution is -0.122. The van der Waals surface area contributed by atoms with Gasteiger partial charge in [0.25, 0.3) is 0 Å². The Bertz CT molecular complexity index is 684. The molecule has 7 heteroatoms. The molecule has 6 nitrogen and oxygen atoms in total. The lowest BCUT2D eigenvalue weighted by Crippen LogP contribution is -2.51. The summed E-state index contributed by atoms with van der Waals surface area (Å²) in [5, 5.41) is 2.60. The topological polar surface area (TPSA) is 69.7 Å². The number of amides is 1. The summed E-state index contributed by atoms with van der Waals surface area (Å²) in [6, 6.07) is 6.84. The molecular weight excluding hydrogens is 314 g/mol. The van der Waals surface area contributed by atoms with Gasteiger partial charge in [-0.05, 0) is 19.1 Å². The van der Waals surface area contributed by atoms with Gasteiger partial charge in [0.1, 0.15) is 0 Å². The molecule has 2 rings (SSSR count). The van der Waals surface area contributed by atoms with E-state index >= 15 is 0 Å². The SMILES string of the molecule is C#CCNC(=O)CN1CCN(S(=O)(=O)c2ccc(C)cc2)CC1. The van der Waals surface area contributed by atoms with Gasteiger partial charge < -0.3 is 5.32 Å². The zero-order valence-electron chi connectivity index (χ0n) is 13.2. The Balaban J connectivity index is 1.92. The number of piperazine rings is 1. The van der Waals surface area contributed by atoms with Crippen molar-refractivity contribution >= 4 is 15.9 Å². The van der Waals surface area contributed by atoms with Crippen LogP contribution in [0.1, 0.15) is 5.56 Å². The molecule has 0 aromatic heterocycles. The Morgan fingerprint density at radius 1 is 1.22 bits per heavy atom. The Kier molecular flexibility index (Phi) is 5.77. The average molecular weight is 335 g/mol. The van der Waals surface area contributed by atoms with Gasteiger partial charge in [-0.15, -0.1) is 6.42 Å². The van der Waals surface area contributed by atoms with Gasteiger partial charge in [0.2, 0.25) is 15.9 Å². The predicted octanol–water partition coefficient (Wildman–Crippen LogP) is 0.0507. The summed E-state index contributed by atoms with van der Waals surface area (Å²) in [6.45, 7) is 4.15. The molecule has 1 amide bonds. The molecule has 23 heavy (non-hydrogen) atoms. The fourth-order valence-corrected chi connectivity index (χ4v) is 3.82. The van der Waals surface area contributed by atoms with Crippen LogP contribution in [0.4, 0.5) is 0 Å². The van der Waals surface area contributed by atoms with Gasteiger partial charge in [-0.3, -0.25) is 9.69 Å². The molecule has 0 bridgehead atoms. The van der Waals surface area contributed by atoms with Crippen molar-refractivity contribution in [2.45, 2.75) is 11.8 Å². The number of benzene rings is 1. The predicted molar refractivity (Wildman–Crippen MR) is 88.2 cm³/mol. The highest BCUT2D eigenvalue weighted by molar-refractivity contribution is 7.89. The number of terminal acetylenes is 1. The molecule has 1 saturated heterocycles. The van der Waals surface area contributed by atoms with E-state index in [-0.39, 0.29) is 19.0 Å². The summed E-state index contributed by atoms with van der Waals surface area (Å²) in [5.41, 5.74) is 1.02. The van der Waals surface area contributed by atoms with Gasteiger partial charge in [-0.1, -0.05) is 23.6 Å². The number of hydrogen-bond donors (Lipinski definition) is 1. The summed E-state index contributed by atoms with van der Waals surface area (Å²) in [7, 11) is -3.47. The van der Waals surface area contributed by atoms with E-state index in [1.807, 2.05) is 11.8 Å². The van der Waals surface area contributed by atoms with Crippen LogP contribution in [0.3, 0.4) is 0 Å².